The quantitative estimate of drug-likeness (QED) is 0.211. The fourth-order valence-corrected chi connectivity index (χ4v) is 3.68. The van der Waals surface area contributed by atoms with E-state index in [1.807, 2.05) is 6.92 Å². The van der Waals surface area contributed by atoms with E-state index in [4.69, 9.17) is 14.2 Å². The van der Waals surface area contributed by atoms with E-state index in [0.29, 0.717) is 29.2 Å². The first kappa shape index (κ1) is 24.9. The van der Waals surface area contributed by atoms with Crippen molar-refractivity contribution in [3.63, 3.8) is 0 Å². The average Bonchev–Trinajstić information content (AvgIpc) is 2.90. The summed E-state index contributed by atoms with van der Waals surface area (Å²) in [5.74, 6) is -1.22. The molecule has 0 heterocycles. The minimum atomic E-state index is -0.917. The molecule has 36 heavy (non-hydrogen) atoms. The molecular weight excluding hydrogens is 465 g/mol. The summed E-state index contributed by atoms with van der Waals surface area (Å²) in [5.41, 5.74) is 2.22. The molecule has 0 aromatic heterocycles. The second kappa shape index (κ2) is 11.5. The van der Waals surface area contributed by atoms with Crippen LogP contribution in [0.15, 0.2) is 91.5 Å². The first-order valence-corrected chi connectivity index (χ1v) is 11.5. The van der Waals surface area contributed by atoms with Gasteiger partial charge in [-0.3, -0.25) is 0 Å². The second-order valence-electron chi connectivity index (χ2n) is 7.92. The molecule has 0 fully saturated rings. The molecule has 4 rings (SSSR count). The molecule has 0 saturated heterocycles. The largest absolute Gasteiger partial charge is 0.494 e. The predicted molar refractivity (Wildman–Crippen MR) is 135 cm³/mol. The highest BCUT2D eigenvalue weighted by molar-refractivity contribution is 5.72. The van der Waals surface area contributed by atoms with Crippen LogP contribution in [0.5, 0.6) is 17.2 Å². The van der Waals surface area contributed by atoms with E-state index in [-0.39, 0.29) is 30.1 Å². The van der Waals surface area contributed by atoms with Crippen LogP contribution in [-0.4, -0.2) is 13.2 Å². The Bertz CT molecular complexity index is 1330. The lowest BCUT2D eigenvalue weighted by atomic mass is 9.98. The van der Waals surface area contributed by atoms with E-state index in [9.17, 15) is 13.2 Å². The third-order valence-electron chi connectivity index (χ3n) is 5.49. The minimum absolute atomic E-state index is 0.120. The average molecular weight is 491 g/mol. The van der Waals surface area contributed by atoms with Crippen molar-refractivity contribution in [1.82, 2.24) is 0 Å². The topological polar surface area (TPSA) is 27.7 Å². The molecule has 0 aliphatic carbocycles. The molecule has 4 aromatic carbocycles. The Balaban J connectivity index is 1.45. The Labute approximate surface area is 208 Å². The molecule has 0 unspecified atom stereocenters. The number of hydrogen-bond donors (Lipinski definition) is 0. The van der Waals surface area contributed by atoms with E-state index < -0.39 is 17.5 Å². The summed E-state index contributed by atoms with van der Waals surface area (Å²) in [5, 5.41) is 0. The maximum Gasteiger partial charge on any atom is 0.168 e. The van der Waals surface area contributed by atoms with Gasteiger partial charge in [-0.2, -0.15) is 0 Å². The van der Waals surface area contributed by atoms with Crippen molar-refractivity contribution in [2.24, 2.45) is 0 Å². The zero-order chi connectivity index (χ0) is 25.5. The van der Waals surface area contributed by atoms with Gasteiger partial charge in [0.05, 0.1) is 6.61 Å². The molecule has 3 nitrogen and oxygen atoms in total. The highest BCUT2D eigenvalue weighted by Crippen LogP contribution is 2.32. The van der Waals surface area contributed by atoms with Crippen LogP contribution in [0, 0.1) is 17.5 Å². The van der Waals surface area contributed by atoms with Crippen molar-refractivity contribution >= 4 is 0 Å². The molecular formula is C30H25F3O3. The Hall–Kier alpha value is -4.19. The molecule has 6 heteroatoms. The molecule has 0 atom stereocenters. The molecule has 0 aliphatic heterocycles. The summed E-state index contributed by atoms with van der Waals surface area (Å²) in [4.78, 5) is 0. The molecule has 0 amide bonds. The van der Waals surface area contributed by atoms with Gasteiger partial charge in [0.15, 0.2) is 23.2 Å². The third-order valence-corrected chi connectivity index (χ3v) is 5.49. The first-order chi connectivity index (χ1) is 17.5. The van der Waals surface area contributed by atoms with Gasteiger partial charge < -0.3 is 14.2 Å². The molecule has 0 aliphatic rings. The number of hydrogen-bond acceptors (Lipinski definition) is 3. The number of ether oxygens (including phenoxy) is 3. The van der Waals surface area contributed by atoms with Crippen LogP contribution >= 0.6 is 0 Å². The van der Waals surface area contributed by atoms with Crippen molar-refractivity contribution in [3.05, 3.63) is 115 Å². The monoisotopic (exact) mass is 490 g/mol. The van der Waals surface area contributed by atoms with Crippen LogP contribution in [0.25, 0.3) is 22.3 Å². The number of benzene rings is 4. The van der Waals surface area contributed by atoms with Crippen LogP contribution in [0.4, 0.5) is 13.2 Å². The van der Waals surface area contributed by atoms with Gasteiger partial charge in [-0.05, 0) is 47.9 Å². The molecule has 0 saturated carbocycles. The van der Waals surface area contributed by atoms with Gasteiger partial charge in [-0.25, -0.2) is 13.2 Å². The van der Waals surface area contributed by atoms with Crippen molar-refractivity contribution in [1.29, 1.82) is 0 Å². The van der Waals surface area contributed by atoms with Gasteiger partial charge in [0.1, 0.15) is 24.7 Å². The Morgan fingerprint density at radius 3 is 1.83 bits per heavy atom. The van der Waals surface area contributed by atoms with Crippen LogP contribution in [0.3, 0.4) is 0 Å². The molecule has 0 radical (unpaired) electrons. The minimum Gasteiger partial charge on any atom is -0.494 e. The van der Waals surface area contributed by atoms with Gasteiger partial charge in [0.25, 0.3) is 0 Å². The fourth-order valence-electron chi connectivity index (χ4n) is 3.68. The van der Waals surface area contributed by atoms with Gasteiger partial charge in [-0.15, -0.1) is 0 Å². The van der Waals surface area contributed by atoms with Crippen molar-refractivity contribution in [2.75, 3.05) is 13.2 Å². The smallest absolute Gasteiger partial charge is 0.168 e. The van der Waals surface area contributed by atoms with Gasteiger partial charge in [0.2, 0.25) is 0 Å². The highest BCUT2D eigenvalue weighted by atomic mass is 19.2. The Morgan fingerprint density at radius 2 is 1.28 bits per heavy atom. The van der Waals surface area contributed by atoms with E-state index in [0.717, 1.165) is 5.56 Å². The summed E-state index contributed by atoms with van der Waals surface area (Å²) in [6.07, 6.45) is 1.53. The van der Waals surface area contributed by atoms with Crippen molar-refractivity contribution in [2.45, 2.75) is 13.5 Å². The summed E-state index contributed by atoms with van der Waals surface area (Å²) >= 11 is 0. The highest BCUT2D eigenvalue weighted by Gasteiger charge is 2.16. The summed E-state index contributed by atoms with van der Waals surface area (Å²) < 4.78 is 60.3. The maximum absolute atomic E-state index is 15.0. The molecule has 4 aromatic rings. The summed E-state index contributed by atoms with van der Waals surface area (Å²) in [7, 11) is 0. The second-order valence-corrected chi connectivity index (χ2v) is 7.92. The first-order valence-electron chi connectivity index (χ1n) is 11.5. The lowest BCUT2D eigenvalue weighted by Gasteiger charge is -2.11. The fraction of sp³-hybridized carbons (Fsp3) is 0.133. The molecule has 184 valence electrons. The third kappa shape index (κ3) is 5.71. The molecule has 0 N–H and O–H groups in total. The lowest BCUT2D eigenvalue weighted by Crippen LogP contribution is -1.99. The predicted octanol–water partition coefficient (Wildman–Crippen LogP) is 7.98. The van der Waals surface area contributed by atoms with Crippen LogP contribution in [-0.2, 0) is 6.61 Å². The maximum atomic E-state index is 15.0. The van der Waals surface area contributed by atoms with E-state index >= 15 is 0 Å². The summed E-state index contributed by atoms with van der Waals surface area (Å²) in [6.45, 7) is 6.32. The number of rotatable bonds is 10. The normalized spacial score (nSPS) is 10.7. The lowest BCUT2D eigenvalue weighted by molar-refractivity contribution is 0.300. The van der Waals surface area contributed by atoms with E-state index in [1.54, 1.807) is 66.7 Å². The van der Waals surface area contributed by atoms with E-state index in [2.05, 4.69) is 6.58 Å². The van der Waals surface area contributed by atoms with Gasteiger partial charge in [0, 0.05) is 17.2 Å². The zero-order valence-electron chi connectivity index (χ0n) is 19.8. The van der Waals surface area contributed by atoms with E-state index in [1.165, 1.54) is 18.2 Å². The Kier molecular flexibility index (Phi) is 7.95. The SMILES string of the molecule is C=CCOc1ccc(OCc2ccc(-c3ccc(-c4ccc(OCC)cc4)c(F)c3F)cc2)cc1F. The Morgan fingerprint density at radius 1 is 0.694 bits per heavy atom. The summed E-state index contributed by atoms with van der Waals surface area (Å²) in [6, 6.07) is 21.2. The van der Waals surface area contributed by atoms with Crippen molar-refractivity contribution in [3.8, 4) is 39.5 Å². The van der Waals surface area contributed by atoms with Crippen LogP contribution in [0.2, 0.25) is 0 Å². The standard InChI is InChI=1S/C30H25F3O3/c1-3-17-35-28-16-13-24(18-27(28)31)36-19-20-5-7-21(8-6-20)25-14-15-26(30(33)29(25)32)22-9-11-23(12-10-22)34-4-2/h3,5-16,18H,1,4,17,19H2,2H3. The van der Waals surface area contributed by atoms with Gasteiger partial charge >= 0.3 is 0 Å². The van der Waals surface area contributed by atoms with Crippen LogP contribution < -0.4 is 14.2 Å². The molecule has 0 spiro atoms. The van der Waals surface area contributed by atoms with Crippen LogP contribution in [0.1, 0.15) is 12.5 Å². The molecule has 0 bridgehead atoms. The zero-order valence-corrected chi connectivity index (χ0v) is 19.8. The number of halogens is 3. The van der Waals surface area contributed by atoms with Crippen molar-refractivity contribution < 1.29 is 27.4 Å². The van der Waals surface area contributed by atoms with Gasteiger partial charge in [-0.1, -0.05) is 61.2 Å².